The van der Waals surface area contributed by atoms with E-state index in [0.29, 0.717) is 33.7 Å². The normalized spacial score (nSPS) is 10.7. The van der Waals surface area contributed by atoms with Crippen molar-refractivity contribution in [3.63, 3.8) is 0 Å². The SMILES string of the molecule is COc1cc(N)c(Cl)cc1-c1n[nH]c(-c2cccs2)n1. The van der Waals surface area contributed by atoms with Crippen LogP contribution >= 0.6 is 22.9 Å². The molecule has 7 heteroatoms. The molecular weight excluding hydrogens is 296 g/mol. The van der Waals surface area contributed by atoms with Gasteiger partial charge in [-0.05, 0) is 17.5 Å². The molecule has 102 valence electrons. The second-order valence-electron chi connectivity index (χ2n) is 4.06. The smallest absolute Gasteiger partial charge is 0.185 e. The average molecular weight is 307 g/mol. The van der Waals surface area contributed by atoms with E-state index in [4.69, 9.17) is 22.1 Å². The molecule has 0 saturated carbocycles. The molecule has 0 amide bonds. The summed E-state index contributed by atoms with van der Waals surface area (Å²) in [5.41, 5.74) is 6.93. The first-order valence-corrected chi connectivity index (χ1v) is 7.04. The number of anilines is 1. The van der Waals surface area contributed by atoms with E-state index in [1.54, 1.807) is 30.6 Å². The van der Waals surface area contributed by atoms with Crippen molar-refractivity contribution in [2.24, 2.45) is 0 Å². The maximum absolute atomic E-state index is 6.05. The molecule has 0 aliphatic carbocycles. The van der Waals surface area contributed by atoms with Crippen molar-refractivity contribution in [1.29, 1.82) is 0 Å². The molecule has 1 aromatic carbocycles. The van der Waals surface area contributed by atoms with Gasteiger partial charge in [-0.25, -0.2) is 4.98 Å². The van der Waals surface area contributed by atoms with E-state index < -0.39 is 0 Å². The summed E-state index contributed by atoms with van der Waals surface area (Å²) in [6, 6.07) is 7.31. The number of rotatable bonds is 3. The summed E-state index contributed by atoms with van der Waals surface area (Å²) < 4.78 is 5.31. The Morgan fingerprint density at radius 1 is 1.40 bits per heavy atom. The third-order valence-corrected chi connectivity index (χ3v) is 4.00. The highest BCUT2D eigenvalue weighted by molar-refractivity contribution is 7.13. The second-order valence-corrected chi connectivity index (χ2v) is 5.41. The summed E-state index contributed by atoms with van der Waals surface area (Å²) in [4.78, 5) is 5.48. The Bertz CT molecular complexity index is 739. The number of ether oxygens (including phenoxy) is 1. The van der Waals surface area contributed by atoms with Crippen molar-refractivity contribution in [2.75, 3.05) is 12.8 Å². The molecule has 0 bridgehead atoms. The first kappa shape index (κ1) is 13.0. The summed E-state index contributed by atoms with van der Waals surface area (Å²) in [5, 5.41) is 9.56. The van der Waals surface area contributed by atoms with Crippen LogP contribution in [-0.2, 0) is 0 Å². The molecule has 3 N–H and O–H groups in total. The van der Waals surface area contributed by atoms with Gasteiger partial charge in [0.15, 0.2) is 11.6 Å². The van der Waals surface area contributed by atoms with Gasteiger partial charge < -0.3 is 10.5 Å². The minimum absolute atomic E-state index is 0.447. The van der Waals surface area contributed by atoms with Gasteiger partial charge in [-0.15, -0.1) is 11.3 Å². The molecular formula is C13H11ClN4OS. The Morgan fingerprint density at radius 3 is 2.95 bits per heavy atom. The number of nitrogen functional groups attached to an aromatic ring is 1. The van der Waals surface area contributed by atoms with Crippen LogP contribution in [0.4, 0.5) is 5.69 Å². The molecule has 5 nitrogen and oxygen atoms in total. The van der Waals surface area contributed by atoms with Crippen LogP contribution < -0.4 is 10.5 Å². The Balaban J connectivity index is 2.07. The van der Waals surface area contributed by atoms with Gasteiger partial charge in [0.1, 0.15) is 5.75 Å². The van der Waals surface area contributed by atoms with Crippen LogP contribution in [0.2, 0.25) is 5.02 Å². The standard InChI is InChI=1S/C13H11ClN4OS/c1-19-10-6-9(15)8(14)5-7(10)12-16-13(18-17-12)11-3-2-4-20-11/h2-6H,15H2,1H3,(H,16,17,18). The molecule has 2 aromatic heterocycles. The Morgan fingerprint density at radius 2 is 2.25 bits per heavy atom. The molecule has 0 unspecified atom stereocenters. The number of aromatic nitrogens is 3. The molecule has 0 atom stereocenters. The van der Waals surface area contributed by atoms with Crippen LogP contribution in [0.25, 0.3) is 22.1 Å². The number of nitrogens with one attached hydrogen (secondary N) is 1. The molecule has 0 saturated heterocycles. The third-order valence-electron chi connectivity index (χ3n) is 2.80. The van der Waals surface area contributed by atoms with E-state index in [1.165, 1.54) is 0 Å². The van der Waals surface area contributed by atoms with Gasteiger partial charge in [0.05, 0.1) is 28.3 Å². The van der Waals surface area contributed by atoms with E-state index in [-0.39, 0.29) is 0 Å². The number of H-pyrrole nitrogens is 1. The summed E-state index contributed by atoms with van der Waals surface area (Å²) in [5.74, 6) is 1.82. The fraction of sp³-hybridized carbons (Fsp3) is 0.0769. The van der Waals surface area contributed by atoms with E-state index in [1.807, 2.05) is 17.5 Å². The van der Waals surface area contributed by atoms with E-state index in [9.17, 15) is 0 Å². The zero-order valence-corrected chi connectivity index (χ0v) is 12.1. The Hall–Kier alpha value is -2.05. The highest BCUT2D eigenvalue weighted by atomic mass is 35.5. The molecule has 3 aromatic rings. The lowest BCUT2D eigenvalue weighted by molar-refractivity contribution is 0.416. The van der Waals surface area contributed by atoms with Gasteiger partial charge in [0, 0.05) is 6.07 Å². The van der Waals surface area contributed by atoms with Crippen molar-refractivity contribution in [3.05, 3.63) is 34.7 Å². The highest BCUT2D eigenvalue weighted by Gasteiger charge is 2.15. The summed E-state index contributed by atoms with van der Waals surface area (Å²) in [6.45, 7) is 0. The van der Waals surface area contributed by atoms with Crippen LogP contribution in [0, 0.1) is 0 Å². The molecule has 3 rings (SSSR count). The van der Waals surface area contributed by atoms with E-state index in [2.05, 4.69) is 15.2 Å². The first-order chi connectivity index (χ1) is 9.69. The molecule has 0 aliphatic heterocycles. The van der Waals surface area contributed by atoms with Crippen molar-refractivity contribution < 1.29 is 4.74 Å². The quantitative estimate of drug-likeness (QED) is 0.727. The maximum Gasteiger partial charge on any atom is 0.185 e. The number of benzene rings is 1. The molecule has 0 radical (unpaired) electrons. The van der Waals surface area contributed by atoms with Crippen molar-refractivity contribution >= 4 is 28.6 Å². The number of halogens is 1. The number of hydrogen-bond acceptors (Lipinski definition) is 5. The molecule has 0 fully saturated rings. The van der Waals surface area contributed by atoms with Crippen molar-refractivity contribution in [3.8, 4) is 27.8 Å². The largest absolute Gasteiger partial charge is 0.496 e. The van der Waals surface area contributed by atoms with Gasteiger partial charge in [-0.1, -0.05) is 17.7 Å². The van der Waals surface area contributed by atoms with Crippen LogP contribution in [0.5, 0.6) is 5.75 Å². The lowest BCUT2D eigenvalue weighted by Gasteiger charge is -2.07. The monoisotopic (exact) mass is 306 g/mol. The third kappa shape index (κ3) is 2.23. The first-order valence-electron chi connectivity index (χ1n) is 5.78. The van der Waals surface area contributed by atoms with Crippen LogP contribution in [0.15, 0.2) is 29.6 Å². The lowest BCUT2D eigenvalue weighted by atomic mass is 10.1. The van der Waals surface area contributed by atoms with Crippen molar-refractivity contribution in [1.82, 2.24) is 15.2 Å². The predicted molar refractivity (Wildman–Crippen MR) is 81.1 cm³/mol. The molecule has 0 spiro atoms. The minimum Gasteiger partial charge on any atom is -0.496 e. The zero-order valence-electron chi connectivity index (χ0n) is 10.6. The molecule has 20 heavy (non-hydrogen) atoms. The predicted octanol–water partition coefficient (Wildman–Crippen LogP) is 3.44. The van der Waals surface area contributed by atoms with Crippen molar-refractivity contribution in [2.45, 2.75) is 0 Å². The van der Waals surface area contributed by atoms with Crippen LogP contribution in [-0.4, -0.2) is 22.3 Å². The average Bonchev–Trinajstić information content (AvgIpc) is 3.10. The maximum atomic E-state index is 6.05. The van der Waals surface area contributed by atoms with Gasteiger partial charge in [0.25, 0.3) is 0 Å². The number of methoxy groups -OCH3 is 1. The van der Waals surface area contributed by atoms with Gasteiger partial charge in [0.2, 0.25) is 0 Å². The number of aromatic amines is 1. The van der Waals surface area contributed by atoms with Gasteiger partial charge in [-0.3, -0.25) is 5.10 Å². The Kier molecular flexibility index (Phi) is 3.33. The fourth-order valence-electron chi connectivity index (χ4n) is 1.82. The summed E-state index contributed by atoms with van der Waals surface area (Å²) in [7, 11) is 1.57. The number of nitrogens with two attached hydrogens (primary N) is 1. The number of thiophene rings is 1. The molecule has 0 aliphatic rings. The van der Waals surface area contributed by atoms with Gasteiger partial charge in [-0.2, -0.15) is 5.10 Å². The number of nitrogens with zero attached hydrogens (tertiary/aromatic N) is 2. The van der Waals surface area contributed by atoms with Crippen LogP contribution in [0.3, 0.4) is 0 Å². The zero-order chi connectivity index (χ0) is 14.1. The fourth-order valence-corrected chi connectivity index (χ4v) is 2.65. The topological polar surface area (TPSA) is 76.8 Å². The minimum atomic E-state index is 0.447. The highest BCUT2D eigenvalue weighted by Crippen LogP contribution is 2.35. The Labute approximate surface area is 124 Å². The summed E-state index contributed by atoms with van der Waals surface area (Å²) >= 11 is 7.64. The summed E-state index contributed by atoms with van der Waals surface area (Å²) in [6.07, 6.45) is 0. The lowest BCUT2D eigenvalue weighted by Crippen LogP contribution is -1.94. The van der Waals surface area contributed by atoms with Crippen LogP contribution in [0.1, 0.15) is 0 Å². The number of hydrogen-bond donors (Lipinski definition) is 2. The molecule has 2 heterocycles. The van der Waals surface area contributed by atoms with Gasteiger partial charge >= 0.3 is 0 Å². The second kappa shape index (κ2) is 5.15. The van der Waals surface area contributed by atoms with E-state index >= 15 is 0 Å². The van der Waals surface area contributed by atoms with E-state index in [0.717, 1.165) is 4.88 Å².